The lowest BCUT2D eigenvalue weighted by atomic mass is 9.95. The molecule has 1 aromatic carbocycles. The van der Waals surface area contributed by atoms with Gasteiger partial charge in [-0.1, -0.05) is 31.4 Å². The lowest BCUT2D eigenvalue weighted by molar-refractivity contribution is 0.0996. The van der Waals surface area contributed by atoms with Crippen molar-refractivity contribution in [3.05, 3.63) is 30.1 Å². The van der Waals surface area contributed by atoms with Gasteiger partial charge in [-0.15, -0.1) is 0 Å². The van der Waals surface area contributed by atoms with Gasteiger partial charge in [-0.25, -0.2) is 4.39 Å². The summed E-state index contributed by atoms with van der Waals surface area (Å²) in [5.41, 5.74) is 0. The van der Waals surface area contributed by atoms with Gasteiger partial charge in [0.25, 0.3) is 0 Å². The number of hydrogen-bond acceptors (Lipinski definition) is 3. The summed E-state index contributed by atoms with van der Waals surface area (Å²) in [4.78, 5) is 0. The van der Waals surface area contributed by atoms with Crippen LogP contribution in [0.3, 0.4) is 0 Å². The lowest BCUT2D eigenvalue weighted by Gasteiger charge is -2.24. The van der Waals surface area contributed by atoms with Crippen molar-refractivity contribution in [3.63, 3.8) is 0 Å². The van der Waals surface area contributed by atoms with Crippen molar-refractivity contribution in [2.45, 2.75) is 44.2 Å². The SMILES string of the molecule is O[C@@H](CNC1CCCCC1)COc1ccccc1F. The van der Waals surface area contributed by atoms with Gasteiger partial charge in [0.05, 0.1) is 0 Å². The molecule has 1 atom stereocenters. The summed E-state index contributed by atoms with van der Waals surface area (Å²) in [6, 6.07) is 6.75. The fourth-order valence-electron chi connectivity index (χ4n) is 2.42. The van der Waals surface area contributed by atoms with E-state index in [1.54, 1.807) is 18.2 Å². The van der Waals surface area contributed by atoms with Crippen LogP contribution in [0, 0.1) is 5.82 Å². The van der Waals surface area contributed by atoms with Crippen LogP contribution in [0.2, 0.25) is 0 Å². The molecule has 0 amide bonds. The van der Waals surface area contributed by atoms with E-state index >= 15 is 0 Å². The van der Waals surface area contributed by atoms with E-state index in [0.717, 1.165) is 0 Å². The molecule has 0 bridgehead atoms. The molecule has 3 nitrogen and oxygen atoms in total. The number of benzene rings is 1. The van der Waals surface area contributed by atoms with Crippen LogP contribution in [-0.4, -0.2) is 30.4 Å². The first-order chi connectivity index (χ1) is 9.25. The Morgan fingerprint density at radius 1 is 1.26 bits per heavy atom. The molecule has 0 aliphatic heterocycles. The largest absolute Gasteiger partial charge is 0.488 e. The number of halogens is 1. The van der Waals surface area contributed by atoms with Crippen molar-refractivity contribution < 1.29 is 14.2 Å². The smallest absolute Gasteiger partial charge is 0.165 e. The van der Waals surface area contributed by atoms with E-state index in [1.165, 1.54) is 38.2 Å². The Morgan fingerprint density at radius 3 is 2.74 bits per heavy atom. The first-order valence-corrected chi connectivity index (χ1v) is 7.04. The molecule has 1 aliphatic carbocycles. The molecule has 0 heterocycles. The van der Waals surface area contributed by atoms with Crippen LogP contribution < -0.4 is 10.1 Å². The summed E-state index contributed by atoms with van der Waals surface area (Å²) in [5, 5.41) is 13.2. The molecule has 0 aromatic heterocycles. The van der Waals surface area contributed by atoms with Crippen LogP contribution in [-0.2, 0) is 0 Å². The first-order valence-electron chi connectivity index (χ1n) is 7.04. The Kier molecular flexibility index (Phi) is 5.61. The van der Waals surface area contributed by atoms with Gasteiger partial charge in [-0.3, -0.25) is 0 Å². The highest BCUT2D eigenvalue weighted by Crippen LogP contribution is 2.17. The van der Waals surface area contributed by atoms with E-state index in [-0.39, 0.29) is 12.4 Å². The van der Waals surface area contributed by atoms with Crippen LogP contribution >= 0.6 is 0 Å². The molecule has 19 heavy (non-hydrogen) atoms. The molecule has 2 rings (SSSR count). The van der Waals surface area contributed by atoms with Crippen LogP contribution in [0.15, 0.2) is 24.3 Å². The highest BCUT2D eigenvalue weighted by molar-refractivity contribution is 5.23. The number of ether oxygens (including phenoxy) is 1. The summed E-state index contributed by atoms with van der Waals surface area (Å²) in [5.74, 6) is -0.200. The van der Waals surface area contributed by atoms with E-state index < -0.39 is 11.9 Å². The number of para-hydroxylation sites is 1. The van der Waals surface area contributed by atoms with Crippen molar-refractivity contribution in [1.82, 2.24) is 5.32 Å². The van der Waals surface area contributed by atoms with Gasteiger partial charge < -0.3 is 15.2 Å². The van der Waals surface area contributed by atoms with Gasteiger partial charge in [0.15, 0.2) is 11.6 Å². The zero-order chi connectivity index (χ0) is 13.5. The van der Waals surface area contributed by atoms with Crippen LogP contribution in [0.25, 0.3) is 0 Å². The third kappa shape index (κ3) is 4.80. The molecule has 0 unspecified atom stereocenters. The van der Waals surface area contributed by atoms with Crippen molar-refractivity contribution >= 4 is 0 Å². The van der Waals surface area contributed by atoms with Gasteiger partial charge in [0.2, 0.25) is 0 Å². The highest BCUT2D eigenvalue weighted by atomic mass is 19.1. The second-order valence-corrected chi connectivity index (χ2v) is 5.14. The van der Waals surface area contributed by atoms with Crippen LogP contribution in [0.4, 0.5) is 4.39 Å². The zero-order valence-electron chi connectivity index (χ0n) is 11.1. The molecule has 1 aliphatic rings. The highest BCUT2D eigenvalue weighted by Gasteiger charge is 2.14. The Balaban J connectivity index is 1.66. The summed E-state index contributed by atoms with van der Waals surface area (Å²) in [7, 11) is 0. The maximum absolute atomic E-state index is 13.3. The minimum atomic E-state index is -0.610. The second-order valence-electron chi connectivity index (χ2n) is 5.14. The minimum absolute atomic E-state index is 0.112. The maximum atomic E-state index is 13.3. The summed E-state index contributed by atoms with van der Waals surface area (Å²) < 4.78 is 18.6. The standard InChI is InChI=1S/C15H22FNO2/c16-14-8-4-5-9-15(14)19-11-13(18)10-17-12-6-2-1-3-7-12/h4-5,8-9,12-13,17-18H,1-3,6-7,10-11H2/t13-/m0/s1. The molecular formula is C15H22FNO2. The van der Waals surface area contributed by atoms with Gasteiger partial charge in [0.1, 0.15) is 12.7 Å². The molecular weight excluding hydrogens is 245 g/mol. The van der Waals surface area contributed by atoms with Gasteiger partial charge in [-0.2, -0.15) is 0 Å². The number of nitrogens with one attached hydrogen (secondary N) is 1. The number of hydrogen-bond donors (Lipinski definition) is 2. The molecule has 2 N–H and O–H groups in total. The minimum Gasteiger partial charge on any atom is -0.488 e. The van der Waals surface area contributed by atoms with Gasteiger partial charge >= 0.3 is 0 Å². The van der Waals surface area contributed by atoms with Crippen molar-refractivity contribution in [2.24, 2.45) is 0 Å². The quantitative estimate of drug-likeness (QED) is 0.832. The van der Waals surface area contributed by atoms with E-state index in [2.05, 4.69) is 5.32 Å². The van der Waals surface area contributed by atoms with E-state index in [0.29, 0.717) is 12.6 Å². The Bertz CT molecular complexity index is 380. The molecule has 0 radical (unpaired) electrons. The Hall–Kier alpha value is -1.13. The fraction of sp³-hybridized carbons (Fsp3) is 0.600. The summed E-state index contributed by atoms with van der Waals surface area (Å²) >= 11 is 0. The van der Waals surface area contributed by atoms with E-state index in [9.17, 15) is 9.50 Å². The molecule has 106 valence electrons. The number of aliphatic hydroxyl groups excluding tert-OH is 1. The van der Waals surface area contributed by atoms with Crippen LogP contribution in [0.1, 0.15) is 32.1 Å². The van der Waals surface area contributed by atoms with Crippen molar-refractivity contribution in [3.8, 4) is 5.75 Å². The van der Waals surface area contributed by atoms with Crippen molar-refractivity contribution in [1.29, 1.82) is 0 Å². The third-order valence-electron chi connectivity index (χ3n) is 3.52. The monoisotopic (exact) mass is 267 g/mol. The maximum Gasteiger partial charge on any atom is 0.165 e. The van der Waals surface area contributed by atoms with E-state index in [4.69, 9.17) is 4.74 Å². The Morgan fingerprint density at radius 2 is 2.00 bits per heavy atom. The molecule has 0 saturated heterocycles. The second kappa shape index (κ2) is 7.46. The predicted octanol–water partition coefficient (Wildman–Crippen LogP) is 2.49. The zero-order valence-corrected chi connectivity index (χ0v) is 11.1. The van der Waals surface area contributed by atoms with Crippen molar-refractivity contribution in [2.75, 3.05) is 13.2 Å². The fourth-order valence-corrected chi connectivity index (χ4v) is 2.42. The van der Waals surface area contributed by atoms with E-state index in [1.807, 2.05) is 0 Å². The topological polar surface area (TPSA) is 41.5 Å². The first kappa shape index (κ1) is 14.3. The van der Waals surface area contributed by atoms with Crippen LogP contribution in [0.5, 0.6) is 5.75 Å². The Labute approximate surface area is 113 Å². The third-order valence-corrected chi connectivity index (χ3v) is 3.52. The molecule has 1 aromatic rings. The number of rotatable bonds is 6. The summed E-state index contributed by atoms with van der Waals surface area (Å²) in [6.07, 6.45) is 5.60. The molecule has 0 spiro atoms. The average Bonchev–Trinajstić information content (AvgIpc) is 2.45. The lowest BCUT2D eigenvalue weighted by Crippen LogP contribution is -2.39. The molecule has 1 fully saturated rings. The van der Waals surface area contributed by atoms with Gasteiger partial charge in [-0.05, 0) is 25.0 Å². The van der Waals surface area contributed by atoms with Gasteiger partial charge in [0, 0.05) is 12.6 Å². The number of aliphatic hydroxyl groups is 1. The normalized spacial score (nSPS) is 18.2. The summed E-state index contributed by atoms with van der Waals surface area (Å²) in [6.45, 7) is 0.611. The molecule has 1 saturated carbocycles. The predicted molar refractivity (Wildman–Crippen MR) is 72.8 cm³/mol. The average molecular weight is 267 g/mol. The molecule has 4 heteroatoms.